The number of aliphatic hydroxyl groups is 1. The number of hydrogen-bond donors (Lipinski definition) is 2. The van der Waals surface area contributed by atoms with Gasteiger partial charge < -0.3 is 10.4 Å². The number of carbonyl (C=O) groups excluding carboxylic acids is 2. The van der Waals surface area contributed by atoms with Crippen molar-refractivity contribution in [1.82, 2.24) is 10.3 Å². The van der Waals surface area contributed by atoms with Crippen molar-refractivity contribution < 1.29 is 14.7 Å². The van der Waals surface area contributed by atoms with Crippen LogP contribution in [0.15, 0.2) is 60.8 Å². The molecule has 1 heterocycles. The van der Waals surface area contributed by atoms with Gasteiger partial charge in [0.25, 0.3) is 5.91 Å². The molecular weight excluding hydrogens is 352 g/mol. The zero-order valence-electron chi connectivity index (χ0n) is 15.6. The minimum Gasteiger partial charge on any atom is -0.393 e. The Morgan fingerprint density at radius 3 is 2.46 bits per heavy atom. The number of aliphatic hydroxyl groups excluding tert-OH is 1. The lowest BCUT2D eigenvalue weighted by Crippen LogP contribution is -2.41. The maximum atomic E-state index is 13.0. The Balaban J connectivity index is 1.67. The molecule has 1 aliphatic carbocycles. The average Bonchev–Trinajstić information content (AvgIpc) is 2.69. The van der Waals surface area contributed by atoms with Gasteiger partial charge in [0.1, 0.15) is 0 Å². The van der Waals surface area contributed by atoms with Gasteiger partial charge in [-0.05, 0) is 49.4 Å². The zero-order chi connectivity index (χ0) is 19.7. The van der Waals surface area contributed by atoms with Gasteiger partial charge in [-0.3, -0.25) is 14.6 Å². The molecule has 4 rings (SSSR count). The molecule has 1 aliphatic rings. The number of rotatable bonds is 5. The maximum Gasteiger partial charge on any atom is 0.252 e. The Morgan fingerprint density at radius 1 is 1.07 bits per heavy atom. The van der Waals surface area contributed by atoms with E-state index in [4.69, 9.17) is 0 Å². The van der Waals surface area contributed by atoms with E-state index in [1.165, 1.54) is 6.92 Å². The molecule has 0 bridgehead atoms. The summed E-state index contributed by atoms with van der Waals surface area (Å²) in [5.41, 5.74) is 2.58. The number of amides is 1. The first-order valence-electron chi connectivity index (χ1n) is 9.46. The number of ketones is 1. The van der Waals surface area contributed by atoms with E-state index in [-0.39, 0.29) is 29.8 Å². The molecule has 1 fully saturated rings. The summed E-state index contributed by atoms with van der Waals surface area (Å²) in [6.07, 6.45) is 2.72. The van der Waals surface area contributed by atoms with Crippen LogP contribution in [-0.4, -0.2) is 27.9 Å². The summed E-state index contributed by atoms with van der Waals surface area (Å²) < 4.78 is 0. The summed E-state index contributed by atoms with van der Waals surface area (Å²) in [5.74, 6) is -0.300. The molecule has 28 heavy (non-hydrogen) atoms. The van der Waals surface area contributed by atoms with Crippen molar-refractivity contribution in [3.8, 4) is 0 Å². The fourth-order valence-electron chi connectivity index (χ4n) is 3.84. The summed E-state index contributed by atoms with van der Waals surface area (Å²) in [6, 6.07) is 16.4. The lowest BCUT2D eigenvalue weighted by molar-refractivity contribution is 0.0235. The summed E-state index contributed by atoms with van der Waals surface area (Å²) in [4.78, 5) is 29.4. The number of pyridine rings is 1. The van der Waals surface area contributed by atoms with Crippen molar-refractivity contribution in [3.05, 3.63) is 77.5 Å². The number of benzene rings is 2. The standard InChI is InChI=1S/C23H22N2O3/c1-14(26)19-7-3-4-8-20(19)23(28)25-22(16-11-18(27)12-16)17-10-15-6-2-5-9-21(15)24-13-17/h2-10,13,16,18,22,27H,11-12H2,1H3,(H,25,28)/t16?,18?,22-/m1/s1. The van der Waals surface area contributed by atoms with Gasteiger partial charge in [-0.15, -0.1) is 0 Å². The Morgan fingerprint density at radius 2 is 1.75 bits per heavy atom. The Kier molecular flexibility index (Phi) is 4.92. The third-order valence-corrected chi connectivity index (χ3v) is 5.43. The molecule has 1 amide bonds. The predicted molar refractivity (Wildman–Crippen MR) is 107 cm³/mol. The van der Waals surface area contributed by atoms with Gasteiger partial charge in [0.2, 0.25) is 0 Å². The molecule has 3 aromatic rings. The molecule has 1 aromatic heterocycles. The number of para-hydroxylation sites is 1. The van der Waals surface area contributed by atoms with E-state index in [1.54, 1.807) is 30.5 Å². The van der Waals surface area contributed by atoms with E-state index >= 15 is 0 Å². The molecule has 0 spiro atoms. The van der Waals surface area contributed by atoms with E-state index in [0.717, 1.165) is 16.5 Å². The van der Waals surface area contributed by atoms with Gasteiger partial charge in [-0.2, -0.15) is 0 Å². The molecule has 0 aliphatic heterocycles. The Bertz CT molecular complexity index is 1040. The van der Waals surface area contributed by atoms with Crippen molar-refractivity contribution >= 4 is 22.6 Å². The van der Waals surface area contributed by atoms with Gasteiger partial charge in [0, 0.05) is 17.1 Å². The first-order chi connectivity index (χ1) is 13.5. The highest BCUT2D eigenvalue weighted by atomic mass is 16.3. The molecule has 2 N–H and O–H groups in total. The summed E-state index contributed by atoms with van der Waals surface area (Å²) in [6.45, 7) is 1.46. The molecule has 142 valence electrons. The molecule has 1 atom stereocenters. The number of Topliss-reactive ketones (excluding diaryl/α,β-unsaturated/α-hetero) is 1. The van der Waals surface area contributed by atoms with E-state index in [9.17, 15) is 14.7 Å². The van der Waals surface area contributed by atoms with E-state index in [1.807, 2.05) is 30.3 Å². The lowest BCUT2D eigenvalue weighted by atomic mass is 9.75. The fourth-order valence-corrected chi connectivity index (χ4v) is 3.84. The normalized spacial score (nSPS) is 19.6. The van der Waals surface area contributed by atoms with Crippen molar-refractivity contribution in [2.45, 2.75) is 31.9 Å². The van der Waals surface area contributed by atoms with Crippen LogP contribution in [0, 0.1) is 5.92 Å². The van der Waals surface area contributed by atoms with Crippen molar-refractivity contribution in [2.75, 3.05) is 0 Å². The second kappa shape index (κ2) is 7.52. The topological polar surface area (TPSA) is 79.3 Å². The van der Waals surface area contributed by atoms with Crippen LogP contribution < -0.4 is 5.32 Å². The minimum absolute atomic E-state index is 0.131. The Labute approximate surface area is 163 Å². The smallest absolute Gasteiger partial charge is 0.252 e. The molecule has 0 radical (unpaired) electrons. The van der Waals surface area contributed by atoms with E-state index in [2.05, 4.69) is 10.3 Å². The van der Waals surface area contributed by atoms with Gasteiger partial charge >= 0.3 is 0 Å². The van der Waals surface area contributed by atoms with Crippen molar-refractivity contribution in [3.63, 3.8) is 0 Å². The second-order valence-corrected chi connectivity index (χ2v) is 7.40. The average molecular weight is 374 g/mol. The Hall–Kier alpha value is -3.05. The van der Waals surface area contributed by atoms with Crippen LogP contribution in [0.25, 0.3) is 10.9 Å². The number of nitrogens with zero attached hydrogens (tertiary/aromatic N) is 1. The van der Waals surface area contributed by atoms with Crippen LogP contribution in [0.2, 0.25) is 0 Å². The van der Waals surface area contributed by atoms with Gasteiger partial charge in [0.15, 0.2) is 5.78 Å². The molecule has 2 aromatic carbocycles. The van der Waals surface area contributed by atoms with Crippen LogP contribution in [-0.2, 0) is 0 Å². The highest BCUT2D eigenvalue weighted by molar-refractivity contribution is 6.07. The van der Waals surface area contributed by atoms with Crippen LogP contribution in [0.1, 0.15) is 52.1 Å². The molecule has 5 nitrogen and oxygen atoms in total. The first kappa shape index (κ1) is 18.3. The largest absolute Gasteiger partial charge is 0.393 e. The quantitative estimate of drug-likeness (QED) is 0.668. The monoisotopic (exact) mass is 374 g/mol. The zero-order valence-corrected chi connectivity index (χ0v) is 15.6. The molecular formula is C23H22N2O3. The van der Waals surface area contributed by atoms with Crippen LogP contribution in [0.4, 0.5) is 0 Å². The molecule has 0 saturated heterocycles. The van der Waals surface area contributed by atoms with E-state index in [0.29, 0.717) is 24.0 Å². The van der Waals surface area contributed by atoms with Crippen LogP contribution in [0.5, 0.6) is 0 Å². The summed E-state index contributed by atoms with van der Waals surface area (Å²) in [7, 11) is 0. The SMILES string of the molecule is CC(=O)c1ccccc1C(=O)N[C@@H](c1cnc2ccccc2c1)C1CC(O)C1. The fraction of sp³-hybridized carbons (Fsp3) is 0.261. The van der Waals surface area contributed by atoms with Crippen LogP contribution in [0.3, 0.4) is 0 Å². The number of nitrogens with one attached hydrogen (secondary N) is 1. The number of carbonyl (C=O) groups is 2. The summed E-state index contributed by atoms with van der Waals surface area (Å²) >= 11 is 0. The predicted octanol–water partition coefficient (Wildman–Crippen LogP) is 3.68. The molecule has 0 unspecified atom stereocenters. The number of aromatic nitrogens is 1. The summed E-state index contributed by atoms with van der Waals surface area (Å²) in [5, 5.41) is 13.9. The lowest BCUT2D eigenvalue weighted by Gasteiger charge is -2.38. The highest BCUT2D eigenvalue weighted by Crippen LogP contribution is 2.38. The maximum absolute atomic E-state index is 13.0. The number of fused-ring (bicyclic) bond motifs is 1. The van der Waals surface area contributed by atoms with Crippen molar-refractivity contribution in [2.24, 2.45) is 5.92 Å². The van der Waals surface area contributed by atoms with Crippen molar-refractivity contribution in [1.29, 1.82) is 0 Å². The van der Waals surface area contributed by atoms with Gasteiger partial charge in [0.05, 0.1) is 23.2 Å². The van der Waals surface area contributed by atoms with E-state index < -0.39 is 0 Å². The highest BCUT2D eigenvalue weighted by Gasteiger charge is 2.36. The minimum atomic E-state index is -0.331. The van der Waals surface area contributed by atoms with Gasteiger partial charge in [-0.25, -0.2) is 0 Å². The third-order valence-electron chi connectivity index (χ3n) is 5.43. The van der Waals surface area contributed by atoms with Crippen LogP contribution >= 0.6 is 0 Å². The second-order valence-electron chi connectivity index (χ2n) is 7.40. The third kappa shape index (κ3) is 3.53. The molecule has 1 saturated carbocycles. The first-order valence-corrected chi connectivity index (χ1v) is 9.46. The number of hydrogen-bond acceptors (Lipinski definition) is 4. The van der Waals surface area contributed by atoms with Gasteiger partial charge in [-0.1, -0.05) is 36.4 Å². The molecule has 5 heteroatoms.